The SMILES string of the molecule is Cl.Cl.c1cn2nc(NC3CCNC3)ccc2n1. The number of rotatable bonds is 2. The zero-order valence-corrected chi connectivity index (χ0v) is 10.8. The molecule has 1 aliphatic rings. The fraction of sp³-hybridized carbons (Fsp3) is 0.400. The lowest BCUT2D eigenvalue weighted by Crippen LogP contribution is -2.23. The predicted octanol–water partition coefficient (Wildman–Crippen LogP) is 1.35. The summed E-state index contributed by atoms with van der Waals surface area (Å²) < 4.78 is 1.78. The quantitative estimate of drug-likeness (QED) is 0.869. The number of hydrogen-bond acceptors (Lipinski definition) is 4. The average molecular weight is 276 g/mol. The van der Waals surface area contributed by atoms with Crippen molar-refractivity contribution in [3.63, 3.8) is 0 Å². The van der Waals surface area contributed by atoms with Crippen LogP contribution >= 0.6 is 24.8 Å². The Kier molecular flexibility index (Phi) is 4.99. The number of nitrogens with zero attached hydrogens (tertiary/aromatic N) is 3. The Bertz CT molecular complexity index is 466. The van der Waals surface area contributed by atoms with Crippen molar-refractivity contribution in [1.29, 1.82) is 0 Å². The topological polar surface area (TPSA) is 54.2 Å². The summed E-state index contributed by atoms with van der Waals surface area (Å²) in [5, 5.41) is 11.1. The molecule has 94 valence electrons. The number of fused-ring (bicyclic) bond motifs is 1. The maximum atomic E-state index is 4.41. The van der Waals surface area contributed by atoms with Gasteiger partial charge in [0.05, 0.1) is 0 Å². The van der Waals surface area contributed by atoms with Crippen molar-refractivity contribution < 1.29 is 0 Å². The van der Waals surface area contributed by atoms with Gasteiger partial charge in [-0.25, -0.2) is 9.50 Å². The van der Waals surface area contributed by atoms with Crippen molar-refractivity contribution >= 4 is 36.3 Å². The second kappa shape index (κ2) is 6.05. The van der Waals surface area contributed by atoms with Gasteiger partial charge in [0.1, 0.15) is 5.82 Å². The van der Waals surface area contributed by atoms with E-state index in [0.29, 0.717) is 6.04 Å². The van der Waals surface area contributed by atoms with E-state index >= 15 is 0 Å². The first kappa shape index (κ1) is 14.0. The Morgan fingerprint density at radius 1 is 1.35 bits per heavy atom. The summed E-state index contributed by atoms with van der Waals surface area (Å²) in [7, 11) is 0. The maximum Gasteiger partial charge on any atom is 0.153 e. The van der Waals surface area contributed by atoms with Crippen LogP contribution in [0.1, 0.15) is 6.42 Å². The monoisotopic (exact) mass is 275 g/mol. The molecule has 0 bridgehead atoms. The largest absolute Gasteiger partial charge is 0.365 e. The first-order valence-electron chi connectivity index (χ1n) is 5.19. The van der Waals surface area contributed by atoms with Crippen LogP contribution in [0.15, 0.2) is 24.5 Å². The van der Waals surface area contributed by atoms with Crippen LogP contribution in [0.2, 0.25) is 0 Å². The van der Waals surface area contributed by atoms with Crippen LogP contribution < -0.4 is 10.6 Å². The van der Waals surface area contributed by atoms with Gasteiger partial charge in [-0.3, -0.25) is 0 Å². The first-order chi connectivity index (χ1) is 7.42. The van der Waals surface area contributed by atoms with Gasteiger partial charge in [0.25, 0.3) is 0 Å². The van der Waals surface area contributed by atoms with Gasteiger partial charge >= 0.3 is 0 Å². The van der Waals surface area contributed by atoms with Gasteiger partial charge < -0.3 is 10.6 Å². The van der Waals surface area contributed by atoms with E-state index in [9.17, 15) is 0 Å². The highest BCUT2D eigenvalue weighted by atomic mass is 35.5. The number of hydrogen-bond donors (Lipinski definition) is 2. The second-order valence-electron chi connectivity index (χ2n) is 3.78. The molecule has 2 aromatic rings. The molecule has 3 heterocycles. The Morgan fingerprint density at radius 2 is 2.24 bits per heavy atom. The van der Waals surface area contributed by atoms with E-state index in [0.717, 1.165) is 31.0 Å². The highest BCUT2D eigenvalue weighted by Crippen LogP contribution is 2.09. The predicted molar refractivity (Wildman–Crippen MR) is 72.4 cm³/mol. The molecular weight excluding hydrogens is 261 g/mol. The number of nitrogens with one attached hydrogen (secondary N) is 2. The lowest BCUT2D eigenvalue weighted by molar-refractivity contribution is 0.778. The van der Waals surface area contributed by atoms with Crippen molar-refractivity contribution in [2.75, 3.05) is 18.4 Å². The summed E-state index contributed by atoms with van der Waals surface area (Å²) in [6.45, 7) is 2.11. The van der Waals surface area contributed by atoms with E-state index in [2.05, 4.69) is 20.7 Å². The van der Waals surface area contributed by atoms with Gasteiger partial charge in [-0.1, -0.05) is 0 Å². The first-order valence-corrected chi connectivity index (χ1v) is 5.19. The Balaban J connectivity index is 0.000000722. The summed E-state index contributed by atoms with van der Waals surface area (Å²) in [5.74, 6) is 0.911. The highest BCUT2D eigenvalue weighted by Gasteiger charge is 2.14. The molecule has 7 heteroatoms. The number of halogens is 2. The van der Waals surface area contributed by atoms with Crippen molar-refractivity contribution in [2.45, 2.75) is 12.5 Å². The molecule has 5 nitrogen and oxygen atoms in total. The molecular formula is C10H15Cl2N5. The lowest BCUT2D eigenvalue weighted by Gasteiger charge is -2.11. The molecule has 2 aromatic heterocycles. The third-order valence-electron chi connectivity index (χ3n) is 2.67. The standard InChI is InChI=1S/C10H13N5.2ClH/c1-2-10-12-5-6-15(10)14-9(1)13-8-3-4-11-7-8;;/h1-2,5-6,8,11H,3-4,7H2,(H,13,14);2*1H. The summed E-state index contributed by atoms with van der Waals surface area (Å²) in [5.41, 5.74) is 0.880. The van der Waals surface area contributed by atoms with Gasteiger partial charge in [0.2, 0.25) is 0 Å². The molecule has 1 saturated heterocycles. The zero-order valence-electron chi connectivity index (χ0n) is 9.17. The van der Waals surface area contributed by atoms with Crippen LogP contribution in [0.25, 0.3) is 5.65 Å². The Labute approximate surface area is 112 Å². The van der Waals surface area contributed by atoms with E-state index in [1.54, 1.807) is 10.7 Å². The van der Waals surface area contributed by atoms with E-state index in [4.69, 9.17) is 0 Å². The van der Waals surface area contributed by atoms with E-state index < -0.39 is 0 Å². The van der Waals surface area contributed by atoms with Gasteiger partial charge in [0, 0.05) is 25.0 Å². The minimum absolute atomic E-state index is 0. The van der Waals surface area contributed by atoms with E-state index in [1.807, 2.05) is 18.3 Å². The average Bonchev–Trinajstić information content (AvgIpc) is 2.87. The summed E-state index contributed by atoms with van der Waals surface area (Å²) in [6, 6.07) is 4.44. The van der Waals surface area contributed by atoms with Gasteiger partial charge in [-0.2, -0.15) is 0 Å². The molecule has 0 saturated carbocycles. The third-order valence-corrected chi connectivity index (χ3v) is 2.67. The minimum Gasteiger partial charge on any atom is -0.365 e. The maximum absolute atomic E-state index is 4.41. The van der Waals surface area contributed by atoms with E-state index in [-0.39, 0.29) is 24.8 Å². The summed E-state index contributed by atoms with van der Waals surface area (Å²) in [4.78, 5) is 4.15. The zero-order chi connectivity index (χ0) is 10.1. The molecule has 17 heavy (non-hydrogen) atoms. The normalized spacial score (nSPS) is 18.5. The molecule has 0 aliphatic carbocycles. The number of aromatic nitrogens is 3. The van der Waals surface area contributed by atoms with Crippen LogP contribution in [-0.2, 0) is 0 Å². The van der Waals surface area contributed by atoms with Crippen LogP contribution in [0.3, 0.4) is 0 Å². The molecule has 0 radical (unpaired) electrons. The number of imidazole rings is 1. The smallest absolute Gasteiger partial charge is 0.153 e. The van der Waals surface area contributed by atoms with Gasteiger partial charge in [0.15, 0.2) is 5.65 Å². The highest BCUT2D eigenvalue weighted by molar-refractivity contribution is 5.85. The van der Waals surface area contributed by atoms with Crippen molar-refractivity contribution in [3.05, 3.63) is 24.5 Å². The molecule has 0 aromatic carbocycles. The van der Waals surface area contributed by atoms with Gasteiger partial charge in [-0.15, -0.1) is 29.9 Å². The minimum atomic E-state index is 0. The van der Waals surface area contributed by atoms with Crippen LogP contribution in [0, 0.1) is 0 Å². The van der Waals surface area contributed by atoms with Crippen molar-refractivity contribution in [2.24, 2.45) is 0 Å². The molecule has 1 fully saturated rings. The van der Waals surface area contributed by atoms with Crippen LogP contribution in [-0.4, -0.2) is 33.7 Å². The van der Waals surface area contributed by atoms with Crippen LogP contribution in [0.5, 0.6) is 0 Å². The second-order valence-corrected chi connectivity index (χ2v) is 3.78. The van der Waals surface area contributed by atoms with Crippen molar-refractivity contribution in [1.82, 2.24) is 19.9 Å². The number of anilines is 1. The fourth-order valence-electron chi connectivity index (χ4n) is 1.88. The molecule has 0 amide bonds. The molecule has 1 aliphatic heterocycles. The third kappa shape index (κ3) is 3.00. The molecule has 1 unspecified atom stereocenters. The molecule has 1 atom stereocenters. The summed E-state index contributed by atoms with van der Waals surface area (Å²) in [6.07, 6.45) is 4.76. The Morgan fingerprint density at radius 3 is 3.00 bits per heavy atom. The van der Waals surface area contributed by atoms with Gasteiger partial charge in [-0.05, 0) is 25.1 Å². The van der Waals surface area contributed by atoms with Crippen molar-refractivity contribution in [3.8, 4) is 0 Å². The summed E-state index contributed by atoms with van der Waals surface area (Å²) >= 11 is 0. The molecule has 2 N–H and O–H groups in total. The lowest BCUT2D eigenvalue weighted by atomic mass is 10.2. The molecule has 3 rings (SSSR count). The molecule has 0 spiro atoms. The van der Waals surface area contributed by atoms with Crippen LogP contribution in [0.4, 0.5) is 5.82 Å². The fourth-order valence-corrected chi connectivity index (χ4v) is 1.88. The Hall–Kier alpha value is -1.04. The van der Waals surface area contributed by atoms with E-state index in [1.165, 1.54) is 0 Å².